The Morgan fingerprint density at radius 1 is 1.50 bits per heavy atom. The molecule has 0 radical (unpaired) electrons. The number of hydrogen-bond acceptors (Lipinski definition) is 3. The minimum Gasteiger partial charge on any atom is -0.479 e. The standard InChI is InChI=1S/C13H13Cl2NO4/c1-2-16-9(17)6-20-12(13(18)19)11(16)7-4-3-5-8(14)10(7)15/h3-5,11-12H,2,6H2,1H3,(H,18,19). The van der Waals surface area contributed by atoms with E-state index in [1.807, 2.05) is 0 Å². The maximum Gasteiger partial charge on any atom is 0.335 e. The van der Waals surface area contributed by atoms with E-state index in [2.05, 4.69) is 0 Å². The van der Waals surface area contributed by atoms with E-state index in [1.54, 1.807) is 25.1 Å². The highest BCUT2D eigenvalue weighted by molar-refractivity contribution is 6.42. The van der Waals surface area contributed by atoms with Crippen LogP contribution in [0.2, 0.25) is 10.0 Å². The number of rotatable bonds is 3. The summed E-state index contributed by atoms with van der Waals surface area (Å²) in [5.41, 5.74) is 0.474. The van der Waals surface area contributed by atoms with Crippen LogP contribution < -0.4 is 0 Å². The highest BCUT2D eigenvalue weighted by atomic mass is 35.5. The van der Waals surface area contributed by atoms with Crippen LogP contribution in [-0.2, 0) is 14.3 Å². The normalized spacial score (nSPS) is 22.9. The van der Waals surface area contributed by atoms with Crippen molar-refractivity contribution in [1.82, 2.24) is 4.90 Å². The van der Waals surface area contributed by atoms with E-state index < -0.39 is 18.1 Å². The van der Waals surface area contributed by atoms with E-state index >= 15 is 0 Å². The van der Waals surface area contributed by atoms with Crippen LogP contribution in [0.4, 0.5) is 0 Å². The molecule has 0 spiro atoms. The van der Waals surface area contributed by atoms with E-state index in [0.717, 1.165) is 0 Å². The average molecular weight is 318 g/mol. The van der Waals surface area contributed by atoms with Crippen LogP contribution in [0.15, 0.2) is 18.2 Å². The molecule has 1 N–H and O–H groups in total. The number of nitrogens with zero attached hydrogens (tertiary/aromatic N) is 1. The number of morpholine rings is 1. The molecular weight excluding hydrogens is 305 g/mol. The van der Waals surface area contributed by atoms with Crippen LogP contribution in [0.1, 0.15) is 18.5 Å². The Bertz CT molecular complexity index is 547. The zero-order valence-corrected chi connectivity index (χ0v) is 12.2. The molecule has 7 heteroatoms. The van der Waals surface area contributed by atoms with Crippen LogP contribution in [0, 0.1) is 0 Å². The summed E-state index contributed by atoms with van der Waals surface area (Å²) < 4.78 is 5.15. The van der Waals surface area contributed by atoms with Crippen molar-refractivity contribution in [2.24, 2.45) is 0 Å². The third kappa shape index (κ3) is 2.61. The van der Waals surface area contributed by atoms with Gasteiger partial charge in [-0.3, -0.25) is 4.79 Å². The predicted octanol–water partition coefficient (Wildman–Crippen LogP) is 2.37. The number of carbonyl (C=O) groups excluding carboxylic acids is 1. The fraction of sp³-hybridized carbons (Fsp3) is 0.385. The van der Waals surface area contributed by atoms with E-state index in [0.29, 0.717) is 17.1 Å². The maximum absolute atomic E-state index is 11.9. The first-order valence-corrected chi connectivity index (χ1v) is 6.80. The summed E-state index contributed by atoms with van der Waals surface area (Å²) in [6.07, 6.45) is -1.16. The highest BCUT2D eigenvalue weighted by Gasteiger charge is 2.42. The molecule has 20 heavy (non-hydrogen) atoms. The van der Waals surface area contributed by atoms with Crippen LogP contribution in [0.5, 0.6) is 0 Å². The smallest absolute Gasteiger partial charge is 0.335 e. The number of likely N-dealkylation sites (N-methyl/N-ethyl adjacent to an activating group) is 1. The molecule has 0 aromatic heterocycles. The van der Waals surface area contributed by atoms with Gasteiger partial charge in [0, 0.05) is 6.54 Å². The molecule has 1 fully saturated rings. The van der Waals surface area contributed by atoms with Crippen molar-refractivity contribution < 1.29 is 19.4 Å². The van der Waals surface area contributed by atoms with E-state index in [9.17, 15) is 14.7 Å². The number of carbonyl (C=O) groups is 2. The van der Waals surface area contributed by atoms with Gasteiger partial charge in [0.2, 0.25) is 5.91 Å². The van der Waals surface area contributed by atoms with Crippen molar-refractivity contribution in [2.75, 3.05) is 13.2 Å². The topological polar surface area (TPSA) is 66.8 Å². The minimum atomic E-state index is -1.16. The van der Waals surface area contributed by atoms with Crippen LogP contribution in [-0.4, -0.2) is 41.1 Å². The summed E-state index contributed by atoms with van der Waals surface area (Å²) in [4.78, 5) is 24.7. The molecule has 0 saturated carbocycles. The Labute approximate surface area is 126 Å². The van der Waals surface area contributed by atoms with E-state index in [4.69, 9.17) is 27.9 Å². The van der Waals surface area contributed by atoms with Gasteiger partial charge in [0.25, 0.3) is 0 Å². The zero-order valence-electron chi connectivity index (χ0n) is 10.7. The number of aliphatic carboxylic acids is 1. The predicted molar refractivity (Wildman–Crippen MR) is 74.0 cm³/mol. The number of carboxylic acid groups (broad SMARTS) is 1. The summed E-state index contributed by atoms with van der Waals surface area (Å²) in [5, 5.41) is 9.84. The van der Waals surface area contributed by atoms with Crippen molar-refractivity contribution >= 4 is 35.1 Å². The molecule has 1 aromatic rings. The Morgan fingerprint density at radius 3 is 2.80 bits per heavy atom. The molecule has 1 saturated heterocycles. The molecule has 2 rings (SSSR count). The summed E-state index contributed by atoms with van der Waals surface area (Å²) >= 11 is 12.1. The summed E-state index contributed by atoms with van der Waals surface area (Å²) in [6, 6.07) is 4.13. The molecule has 0 aliphatic carbocycles. The van der Waals surface area contributed by atoms with Gasteiger partial charge in [0.1, 0.15) is 6.61 Å². The number of ether oxygens (including phenoxy) is 1. The van der Waals surface area contributed by atoms with Gasteiger partial charge in [0.05, 0.1) is 16.1 Å². The van der Waals surface area contributed by atoms with E-state index in [1.165, 1.54) is 4.90 Å². The van der Waals surface area contributed by atoms with Gasteiger partial charge in [0.15, 0.2) is 6.10 Å². The van der Waals surface area contributed by atoms with Crippen molar-refractivity contribution in [3.05, 3.63) is 33.8 Å². The summed E-state index contributed by atoms with van der Waals surface area (Å²) in [5.74, 6) is -1.41. The van der Waals surface area contributed by atoms with Crippen molar-refractivity contribution in [2.45, 2.75) is 19.1 Å². The lowest BCUT2D eigenvalue weighted by molar-refractivity contribution is -0.172. The fourth-order valence-corrected chi connectivity index (χ4v) is 2.73. The van der Waals surface area contributed by atoms with Gasteiger partial charge in [-0.15, -0.1) is 0 Å². The summed E-state index contributed by atoms with van der Waals surface area (Å²) in [6.45, 7) is 1.88. The molecule has 5 nitrogen and oxygen atoms in total. The molecule has 108 valence electrons. The number of hydrogen-bond donors (Lipinski definition) is 1. The lowest BCUT2D eigenvalue weighted by Gasteiger charge is -2.39. The molecule has 1 aromatic carbocycles. The SMILES string of the molecule is CCN1C(=O)COC(C(=O)O)C1c1cccc(Cl)c1Cl. The number of halogens is 2. The van der Waals surface area contributed by atoms with Crippen LogP contribution in [0.25, 0.3) is 0 Å². The lowest BCUT2D eigenvalue weighted by Crippen LogP contribution is -2.51. The van der Waals surface area contributed by atoms with Gasteiger partial charge >= 0.3 is 5.97 Å². The van der Waals surface area contributed by atoms with Crippen molar-refractivity contribution in [3.8, 4) is 0 Å². The minimum absolute atomic E-state index is 0.238. The molecule has 2 unspecified atom stereocenters. The largest absolute Gasteiger partial charge is 0.479 e. The third-order valence-corrected chi connectivity index (χ3v) is 4.05. The van der Waals surface area contributed by atoms with Gasteiger partial charge in [-0.25, -0.2) is 4.79 Å². The first kappa shape index (κ1) is 15.1. The number of benzene rings is 1. The van der Waals surface area contributed by atoms with Crippen LogP contribution in [0.3, 0.4) is 0 Å². The van der Waals surface area contributed by atoms with Crippen LogP contribution >= 0.6 is 23.2 Å². The molecule has 1 aliphatic rings. The number of amides is 1. The van der Waals surface area contributed by atoms with E-state index in [-0.39, 0.29) is 17.5 Å². The lowest BCUT2D eigenvalue weighted by atomic mass is 9.97. The highest BCUT2D eigenvalue weighted by Crippen LogP contribution is 2.37. The second kappa shape index (κ2) is 5.99. The zero-order chi connectivity index (χ0) is 14.9. The molecule has 1 aliphatic heterocycles. The first-order valence-electron chi connectivity index (χ1n) is 6.05. The Kier molecular flexibility index (Phi) is 4.52. The fourth-order valence-electron chi connectivity index (χ4n) is 2.31. The van der Waals surface area contributed by atoms with Crippen molar-refractivity contribution in [3.63, 3.8) is 0 Å². The molecule has 1 amide bonds. The maximum atomic E-state index is 11.9. The third-order valence-electron chi connectivity index (χ3n) is 3.21. The molecule has 0 bridgehead atoms. The second-order valence-electron chi connectivity index (χ2n) is 4.34. The number of carboxylic acids is 1. The molecule has 2 atom stereocenters. The second-order valence-corrected chi connectivity index (χ2v) is 5.12. The Hall–Kier alpha value is -1.30. The molecule has 1 heterocycles. The quantitative estimate of drug-likeness (QED) is 0.929. The van der Waals surface area contributed by atoms with Gasteiger partial charge in [-0.05, 0) is 18.6 Å². The first-order chi connectivity index (χ1) is 9.47. The van der Waals surface area contributed by atoms with Gasteiger partial charge in [-0.2, -0.15) is 0 Å². The van der Waals surface area contributed by atoms with Crippen molar-refractivity contribution in [1.29, 1.82) is 0 Å². The Balaban J connectivity index is 2.52. The Morgan fingerprint density at radius 2 is 2.20 bits per heavy atom. The average Bonchev–Trinajstić information content (AvgIpc) is 2.41. The summed E-state index contributed by atoms with van der Waals surface area (Å²) in [7, 11) is 0. The molecular formula is C13H13Cl2NO4. The van der Waals surface area contributed by atoms with Gasteiger partial charge < -0.3 is 14.7 Å². The monoisotopic (exact) mass is 317 g/mol. The van der Waals surface area contributed by atoms with Gasteiger partial charge in [-0.1, -0.05) is 35.3 Å².